The Morgan fingerprint density at radius 3 is 2.30 bits per heavy atom. The predicted octanol–water partition coefficient (Wildman–Crippen LogP) is 4.51. The van der Waals surface area contributed by atoms with Crippen LogP contribution in [0, 0.1) is 5.92 Å². The third-order valence-corrected chi connectivity index (χ3v) is 5.20. The lowest BCUT2D eigenvalue weighted by atomic mass is 9.67. The molecule has 2 atom stereocenters. The lowest BCUT2D eigenvalue weighted by Crippen LogP contribution is -2.53. The Labute approximate surface area is 179 Å². The Morgan fingerprint density at radius 2 is 1.77 bits per heavy atom. The highest BCUT2D eigenvalue weighted by Gasteiger charge is 2.43. The van der Waals surface area contributed by atoms with Crippen LogP contribution in [0.1, 0.15) is 60.5 Å². The average molecular weight is 422 g/mol. The zero-order valence-electron chi connectivity index (χ0n) is 19.2. The first-order valence-corrected chi connectivity index (χ1v) is 10.4. The minimum atomic E-state index is -0.773. The minimum absolute atomic E-state index is 0.0273. The van der Waals surface area contributed by atoms with Crippen molar-refractivity contribution >= 4 is 12.2 Å². The zero-order chi connectivity index (χ0) is 22.7. The largest absolute Gasteiger partial charge is 0.514 e. The molecule has 1 aliphatic heterocycles. The van der Waals surface area contributed by atoms with Crippen molar-refractivity contribution in [2.24, 2.45) is 5.92 Å². The number of benzene rings is 1. The fourth-order valence-electron chi connectivity index (χ4n) is 3.66. The summed E-state index contributed by atoms with van der Waals surface area (Å²) in [5.74, 6) is 0.330. The van der Waals surface area contributed by atoms with Crippen molar-refractivity contribution in [3.8, 4) is 5.75 Å². The second kappa shape index (κ2) is 8.84. The highest BCUT2D eigenvalue weighted by atomic mass is 16.7. The molecule has 1 fully saturated rings. The van der Waals surface area contributed by atoms with E-state index in [1.807, 2.05) is 33.8 Å². The van der Waals surface area contributed by atoms with Gasteiger partial charge in [0, 0.05) is 18.5 Å². The van der Waals surface area contributed by atoms with Gasteiger partial charge in [0.15, 0.2) is 0 Å². The summed E-state index contributed by atoms with van der Waals surface area (Å²) < 4.78 is 16.0. The number of aliphatic hydroxyl groups excluding tert-OH is 1. The Morgan fingerprint density at radius 1 is 1.13 bits per heavy atom. The number of hydrogen-bond donors (Lipinski definition) is 1. The van der Waals surface area contributed by atoms with Gasteiger partial charge in [0.25, 0.3) is 0 Å². The molecule has 30 heavy (non-hydrogen) atoms. The number of hydrogen-bond acceptors (Lipinski definition) is 6. The highest BCUT2D eigenvalue weighted by Crippen LogP contribution is 2.41. The topological polar surface area (TPSA) is 85.3 Å². The van der Waals surface area contributed by atoms with Crippen molar-refractivity contribution in [2.75, 3.05) is 19.7 Å². The van der Waals surface area contributed by atoms with Crippen molar-refractivity contribution < 1.29 is 28.9 Å². The van der Waals surface area contributed by atoms with Crippen molar-refractivity contribution in [1.82, 2.24) is 4.90 Å². The van der Waals surface area contributed by atoms with Gasteiger partial charge < -0.3 is 24.2 Å². The minimum Gasteiger partial charge on any atom is -0.444 e. The summed E-state index contributed by atoms with van der Waals surface area (Å²) in [4.78, 5) is 26.1. The number of rotatable bonds is 3. The van der Waals surface area contributed by atoms with E-state index in [-0.39, 0.29) is 18.6 Å². The number of amides is 1. The van der Waals surface area contributed by atoms with Crippen LogP contribution in [-0.4, -0.2) is 53.2 Å². The number of carbonyl (C=O) groups is 2. The van der Waals surface area contributed by atoms with Crippen LogP contribution in [0.5, 0.6) is 5.75 Å². The first-order chi connectivity index (χ1) is 13.8. The van der Waals surface area contributed by atoms with Gasteiger partial charge in [-0.25, -0.2) is 9.59 Å². The molecule has 1 aromatic carbocycles. The second-order valence-corrected chi connectivity index (χ2v) is 9.99. The molecule has 0 spiro atoms. The van der Waals surface area contributed by atoms with Crippen LogP contribution < -0.4 is 4.74 Å². The SMILES string of the molecule is C[C@H]1CN(C(=O)OC(C)(C)C)CC[C@]1(CO)c1cccc(OC(=O)OC(C)(C)C)c1. The molecule has 2 rings (SSSR count). The maximum Gasteiger partial charge on any atom is 0.514 e. The van der Waals surface area contributed by atoms with Gasteiger partial charge >= 0.3 is 12.2 Å². The van der Waals surface area contributed by atoms with Crippen LogP contribution in [0.4, 0.5) is 9.59 Å². The predicted molar refractivity (Wildman–Crippen MR) is 114 cm³/mol. The van der Waals surface area contributed by atoms with Crippen LogP contribution in [0.3, 0.4) is 0 Å². The summed E-state index contributed by atoms with van der Waals surface area (Å²) in [6.45, 7) is 13.7. The van der Waals surface area contributed by atoms with Crippen LogP contribution in [0.25, 0.3) is 0 Å². The van der Waals surface area contributed by atoms with E-state index in [0.717, 1.165) is 5.56 Å². The summed E-state index contributed by atoms with van der Waals surface area (Å²) in [5, 5.41) is 10.3. The lowest BCUT2D eigenvalue weighted by Gasteiger charge is -2.46. The highest BCUT2D eigenvalue weighted by molar-refractivity contribution is 5.68. The molecule has 0 aromatic heterocycles. The number of carbonyl (C=O) groups excluding carboxylic acids is 2. The molecule has 7 nitrogen and oxygen atoms in total. The fourth-order valence-corrected chi connectivity index (χ4v) is 3.66. The molecule has 7 heteroatoms. The van der Waals surface area contributed by atoms with Crippen molar-refractivity contribution in [1.29, 1.82) is 0 Å². The molecule has 1 saturated heterocycles. The number of piperidine rings is 1. The quantitative estimate of drug-likeness (QED) is 0.571. The van der Waals surface area contributed by atoms with E-state index < -0.39 is 22.8 Å². The lowest BCUT2D eigenvalue weighted by molar-refractivity contribution is -0.000517. The van der Waals surface area contributed by atoms with Gasteiger partial charge in [-0.05, 0) is 71.6 Å². The van der Waals surface area contributed by atoms with Crippen LogP contribution in [0.15, 0.2) is 24.3 Å². The van der Waals surface area contributed by atoms with Crippen LogP contribution in [0.2, 0.25) is 0 Å². The van der Waals surface area contributed by atoms with E-state index in [9.17, 15) is 14.7 Å². The molecule has 0 unspecified atom stereocenters. The van der Waals surface area contributed by atoms with Gasteiger partial charge in [-0.1, -0.05) is 19.1 Å². The monoisotopic (exact) mass is 421 g/mol. The molecule has 1 amide bonds. The molecular weight excluding hydrogens is 386 g/mol. The van der Waals surface area contributed by atoms with Crippen molar-refractivity contribution in [3.05, 3.63) is 29.8 Å². The van der Waals surface area contributed by atoms with E-state index >= 15 is 0 Å². The van der Waals surface area contributed by atoms with E-state index in [4.69, 9.17) is 14.2 Å². The number of aliphatic hydroxyl groups is 1. The van der Waals surface area contributed by atoms with E-state index in [0.29, 0.717) is 25.3 Å². The van der Waals surface area contributed by atoms with E-state index in [2.05, 4.69) is 0 Å². The number of ether oxygens (including phenoxy) is 3. The maximum atomic E-state index is 12.5. The molecule has 168 valence electrons. The third-order valence-electron chi connectivity index (χ3n) is 5.20. The summed E-state index contributed by atoms with van der Waals surface area (Å²) >= 11 is 0. The second-order valence-electron chi connectivity index (χ2n) is 9.99. The average Bonchev–Trinajstić information content (AvgIpc) is 2.59. The molecule has 1 N–H and O–H groups in total. The standard InChI is InChI=1S/C23H35NO6/c1-16-14-24(19(26)29-21(2,3)4)12-11-23(16,15-25)17-9-8-10-18(13-17)28-20(27)30-22(5,6)7/h8-10,13,16,25H,11-12,14-15H2,1-7H3/t16-,23+/m0/s1. The first-order valence-electron chi connectivity index (χ1n) is 10.4. The Kier molecular flexibility index (Phi) is 7.07. The summed E-state index contributed by atoms with van der Waals surface area (Å²) in [5.41, 5.74) is -0.892. The first kappa shape index (κ1) is 24.0. The number of nitrogens with zero attached hydrogens (tertiary/aromatic N) is 1. The van der Waals surface area contributed by atoms with Gasteiger partial charge in [-0.3, -0.25) is 0 Å². The Bertz CT molecular complexity index is 764. The van der Waals surface area contributed by atoms with Crippen LogP contribution in [-0.2, 0) is 14.9 Å². The Balaban J connectivity index is 2.17. The Hall–Kier alpha value is -2.28. The van der Waals surface area contributed by atoms with Gasteiger partial charge in [-0.15, -0.1) is 0 Å². The molecule has 0 saturated carbocycles. The molecule has 1 aliphatic rings. The molecule has 0 bridgehead atoms. The maximum absolute atomic E-state index is 12.5. The van der Waals surface area contributed by atoms with Gasteiger partial charge in [0.05, 0.1) is 6.61 Å². The normalized spacial score (nSPS) is 22.4. The molecule has 0 aliphatic carbocycles. The van der Waals surface area contributed by atoms with Gasteiger partial charge in [0.1, 0.15) is 17.0 Å². The van der Waals surface area contributed by atoms with Crippen LogP contribution >= 0.6 is 0 Å². The van der Waals surface area contributed by atoms with Crippen molar-refractivity contribution in [3.63, 3.8) is 0 Å². The molecule has 1 heterocycles. The van der Waals surface area contributed by atoms with Gasteiger partial charge in [-0.2, -0.15) is 0 Å². The van der Waals surface area contributed by atoms with Gasteiger partial charge in [0.2, 0.25) is 0 Å². The van der Waals surface area contributed by atoms with E-state index in [1.54, 1.807) is 43.9 Å². The third kappa shape index (κ3) is 6.11. The summed E-state index contributed by atoms with van der Waals surface area (Å²) in [6, 6.07) is 7.15. The van der Waals surface area contributed by atoms with E-state index in [1.165, 1.54) is 0 Å². The molecule has 1 aromatic rings. The zero-order valence-corrected chi connectivity index (χ0v) is 19.2. The number of likely N-dealkylation sites (tertiary alicyclic amines) is 1. The summed E-state index contributed by atoms with van der Waals surface area (Å²) in [7, 11) is 0. The van der Waals surface area contributed by atoms with Crippen molar-refractivity contribution in [2.45, 2.75) is 71.5 Å². The molecular formula is C23H35NO6. The summed E-state index contributed by atoms with van der Waals surface area (Å²) in [6.07, 6.45) is -0.548. The smallest absolute Gasteiger partial charge is 0.444 e. The molecule has 0 radical (unpaired) electrons. The fraction of sp³-hybridized carbons (Fsp3) is 0.652.